The first-order valence-corrected chi connectivity index (χ1v) is 7.77. The summed E-state index contributed by atoms with van der Waals surface area (Å²) in [6, 6.07) is 9.74. The van der Waals surface area contributed by atoms with Crippen LogP contribution in [0.25, 0.3) is 0 Å². The van der Waals surface area contributed by atoms with E-state index in [0.29, 0.717) is 6.04 Å². The van der Waals surface area contributed by atoms with Gasteiger partial charge in [0.15, 0.2) is 0 Å². The molecule has 2 rings (SSSR count). The molecule has 94 valence electrons. The van der Waals surface area contributed by atoms with Gasteiger partial charge in [-0.1, -0.05) is 37.6 Å². The molecule has 0 spiro atoms. The summed E-state index contributed by atoms with van der Waals surface area (Å²) in [6.45, 7) is 2.24. The number of rotatable bonds is 5. The van der Waals surface area contributed by atoms with E-state index in [9.17, 15) is 0 Å². The third kappa shape index (κ3) is 3.26. The highest BCUT2D eigenvalue weighted by atomic mass is 32.2. The van der Waals surface area contributed by atoms with E-state index in [1.807, 2.05) is 0 Å². The molecule has 0 saturated carbocycles. The predicted octanol–water partition coefficient (Wildman–Crippen LogP) is 3.80. The molecule has 1 heterocycles. The molecule has 0 radical (unpaired) electrons. The zero-order valence-electron chi connectivity index (χ0n) is 10.9. The summed E-state index contributed by atoms with van der Waals surface area (Å²) in [5.74, 6) is 1.33. The molecule has 1 fully saturated rings. The maximum absolute atomic E-state index is 3.49. The molecule has 2 unspecified atom stereocenters. The van der Waals surface area contributed by atoms with Crippen LogP contribution in [0.4, 0.5) is 0 Å². The van der Waals surface area contributed by atoms with Crippen molar-refractivity contribution in [1.29, 1.82) is 0 Å². The zero-order valence-corrected chi connectivity index (χ0v) is 11.7. The van der Waals surface area contributed by atoms with Crippen LogP contribution in [0, 0.1) is 0 Å². The minimum Gasteiger partial charge on any atom is -0.312 e. The van der Waals surface area contributed by atoms with E-state index in [-0.39, 0.29) is 0 Å². The van der Waals surface area contributed by atoms with E-state index in [1.165, 1.54) is 42.6 Å². The largest absolute Gasteiger partial charge is 0.312 e. The van der Waals surface area contributed by atoms with Gasteiger partial charge >= 0.3 is 0 Å². The van der Waals surface area contributed by atoms with Crippen LogP contribution in [-0.4, -0.2) is 18.1 Å². The molecule has 1 saturated heterocycles. The van der Waals surface area contributed by atoms with E-state index in [2.05, 4.69) is 55.3 Å². The third-order valence-corrected chi connectivity index (χ3v) is 4.99. The first-order chi connectivity index (χ1) is 8.35. The van der Waals surface area contributed by atoms with Gasteiger partial charge in [-0.25, -0.2) is 0 Å². The third-order valence-electron chi connectivity index (χ3n) is 3.53. The molecule has 0 amide bonds. The second kappa shape index (κ2) is 6.46. The van der Waals surface area contributed by atoms with Crippen molar-refractivity contribution in [3.05, 3.63) is 35.4 Å². The normalized spacial score (nSPS) is 21.6. The smallest absolute Gasteiger partial charge is 0.0438 e. The van der Waals surface area contributed by atoms with Crippen molar-refractivity contribution < 1.29 is 0 Å². The maximum Gasteiger partial charge on any atom is 0.0438 e. The van der Waals surface area contributed by atoms with E-state index >= 15 is 0 Å². The zero-order chi connectivity index (χ0) is 12.1. The SMILES string of the molecule is CCCc1ccc(C(NC)C2CCCS2)cc1. The Hall–Kier alpha value is -0.470. The van der Waals surface area contributed by atoms with Crippen molar-refractivity contribution in [3.8, 4) is 0 Å². The van der Waals surface area contributed by atoms with E-state index in [1.54, 1.807) is 0 Å². The molecular formula is C15H23NS. The number of hydrogen-bond acceptors (Lipinski definition) is 2. The molecule has 1 aliphatic heterocycles. The number of benzene rings is 1. The summed E-state index contributed by atoms with van der Waals surface area (Å²) in [4.78, 5) is 0. The quantitative estimate of drug-likeness (QED) is 0.852. The lowest BCUT2D eigenvalue weighted by Crippen LogP contribution is -2.25. The molecule has 1 aliphatic rings. The molecule has 1 aromatic carbocycles. The predicted molar refractivity (Wildman–Crippen MR) is 77.7 cm³/mol. The van der Waals surface area contributed by atoms with Gasteiger partial charge in [0.2, 0.25) is 0 Å². The van der Waals surface area contributed by atoms with Gasteiger partial charge in [0, 0.05) is 11.3 Å². The Bertz CT molecular complexity index is 327. The van der Waals surface area contributed by atoms with E-state index < -0.39 is 0 Å². The molecule has 1 aromatic rings. The minimum absolute atomic E-state index is 0.526. The Morgan fingerprint density at radius 3 is 2.65 bits per heavy atom. The Labute approximate surface area is 109 Å². The number of thioether (sulfide) groups is 1. The topological polar surface area (TPSA) is 12.0 Å². The summed E-state index contributed by atoms with van der Waals surface area (Å²) in [5, 5.41) is 4.25. The average molecular weight is 249 g/mol. The van der Waals surface area contributed by atoms with Gasteiger partial charge in [0.1, 0.15) is 0 Å². The van der Waals surface area contributed by atoms with Crippen molar-refractivity contribution in [1.82, 2.24) is 5.32 Å². The van der Waals surface area contributed by atoms with E-state index in [4.69, 9.17) is 0 Å². The van der Waals surface area contributed by atoms with Crippen molar-refractivity contribution in [3.63, 3.8) is 0 Å². The van der Waals surface area contributed by atoms with Crippen LogP contribution in [0.1, 0.15) is 43.4 Å². The summed E-state index contributed by atoms with van der Waals surface area (Å²) in [6.07, 6.45) is 5.16. The summed E-state index contributed by atoms with van der Waals surface area (Å²) < 4.78 is 0. The second-order valence-electron chi connectivity index (χ2n) is 4.81. The van der Waals surface area contributed by atoms with Crippen LogP contribution < -0.4 is 5.32 Å². The fourth-order valence-corrected chi connectivity index (χ4v) is 4.07. The first kappa shape index (κ1) is 13.0. The van der Waals surface area contributed by atoms with Crippen molar-refractivity contribution in [2.24, 2.45) is 0 Å². The van der Waals surface area contributed by atoms with Crippen LogP contribution in [0.3, 0.4) is 0 Å². The lowest BCUT2D eigenvalue weighted by molar-refractivity contribution is 0.552. The number of hydrogen-bond donors (Lipinski definition) is 1. The summed E-state index contributed by atoms with van der Waals surface area (Å²) in [7, 11) is 2.09. The van der Waals surface area contributed by atoms with Gasteiger partial charge in [-0.05, 0) is 43.2 Å². The van der Waals surface area contributed by atoms with Gasteiger partial charge in [-0.2, -0.15) is 11.8 Å². The molecule has 0 aromatic heterocycles. The highest BCUT2D eigenvalue weighted by Gasteiger charge is 2.25. The van der Waals surface area contributed by atoms with Gasteiger partial charge in [0.25, 0.3) is 0 Å². The molecule has 0 aliphatic carbocycles. The highest BCUT2D eigenvalue weighted by Crippen LogP contribution is 2.35. The lowest BCUT2D eigenvalue weighted by atomic mass is 9.99. The summed E-state index contributed by atoms with van der Waals surface area (Å²) >= 11 is 2.12. The average Bonchev–Trinajstić information content (AvgIpc) is 2.86. The van der Waals surface area contributed by atoms with Crippen LogP contribution in [0.15, 0.2) is 24.3 Å². The Balaban J connectivity index is 2.07. The van der Waals surface area contributed by atoms with Crippen LogP contribution in [0.5, 0.6) is 0 Å². The molecule has 0 bridgehead atoms. The molecule has 17 heavy (non-hydrogen) atoms. The monoisotopic (exact) mass is 249 g/mol. The van der Waals surface area contributed by atoms with Gasteiger partial charge in [-0.3, -0.25) is 0 Å². The van der Waals surface area contributed by atoms with Gasteiger partial charge in [-0.15, -0.1) is 0 Å². The fraction of sp³-hybridized carbons (Fsp3) is 0.600. The second-order valence-corrected chi connectivity index (χ2v) is 6.16. The first-order valence-electron chi connectivity index (χ1n) is 6.73. The Morgan fingerprint density at radius 1 is 1.35 bits per heavy atom. The highest BCUT2D eigenvalue weighted by molar-refractivity contribution is 8.00. The van der Waals surface area contributed by atoms with Crippen molar-refractivity contribution in [2.75, 3.05) is 12.8 Å². The number of nitrogens with one attached hydrogen (secondary N) is 1. The van der Waals surface area contributed by atoms with Crippen LogP contribution in [-0.2, 0) is 6.42 Å². The standard InChI is InChI=1S/C15H23NS/c1-3-5-12-7-9-13(10-8-12)15(16-2)14-6-4-11-17-14/h7-10,14-16H,3-6,11H2,1-2H3. The van der Waals surface area contributed by atoms with Crippen molar-refractivity contribution in [2.45, 2.75) is 43.9 Å². The van der Waals surface area contributed by atoms with Crippen molar-refractivity contribution >= 4 is 11.8 Å². The molecule has 1 nitrogen and oxygen atoms in total. The molecule has 1 N–H and O–H groups in total. The lowest BCUT2D eigenvalue weighted by Gasteiger charge is -2.23. The fourth-order valence-electron chi connectivity index (χ4n) is 2.61. The van der Waals surface area contributed by atoms with Gasteiger partial charge < -0.3 is 5.32 Å². The Morgan fingerprint density at radius 2 is 2.12 bits per heavy atom. The molecular weight excluding hydrogens is 226 g/mol. The molecule has 2 heteroatoms. The minimum atomic E-state index is 0.526. The Kier molecular flexibility index (Phi) is 4.93. The van der Waals surface area contributed by atoms with Gasteiger partial charge in [0.05, 0.1) is 0 Å². The van der Waals surface area contributed by atoms with Crippen LogP contribution >= 0.6 is 11.8 Å². The molecule has 2 atom stereocenters. The summed E-state index contributed by atoms with van der Waals surface area (Å²) in [5.41, 5.74) is 2.91. The van der Waals surface area contributed by atoms with Crippen LogP contribution in [0.2, 0.25) is 0 Å². The van der Waals surface area contributed by atoms with E-state index in [0.717, 1.165) is 5.25 Å². The number of aryl methyl sites for hydroxylation is 1. The maximum atomic E-state index is 3.49.